The number of carbonyl (C=O) groups is 2. The van der Waals surface area contributed by atoms with Crippen molar-refractivity contribution in [3.63, 3.8) is 0 Å². The number of hydrogen-bond donors (Lipinski definition) is 1. The van der Waals surface area contributed by atoms with Gasteiger partial charge in [-0.1, -0.05) is 33.8 Å². The summed E-state index contributed by atoms with van der Waals surface area (Å²) in [6.07, 6.45) is 1.19. The maximum absolute atomic E-state index is 13.6. The highest BCUT2D eigenvalue weighted by atomic mass is 19.1. The highest BCUT2D eigenvalue weighted by Crippen LogP contribution is 2.26. The maximum atomic E-state index is 13.6. The van der Waals surface area contributed by atoms with Gasteiger partial charge in [0.05, 0.1) is 0 Å². The summed E-state index contributed by atoms with van der Waals surface area (Å²) in [5.74, 6) is -0.689. The number of nitrogens with zero attached hydrogens (tertiary/aromatic N) is 2. The first-order valence-electron chi connectivity index (χ1n) is 10.6. The Morgan fingerprint density at radius 1 is 1.06 bits per heavy atom. The lowest BCUT2D eigenvalue weighted by Crippen LogP contribution is -2.32. The third kappa shape index (κ3) is 7.39. The maximum Gasteiger partial charge on any atom is 0.254 e. The van der Waals surface area contributed by atoms with Gasteiger partial charge in [0.1, 0.15) is 5.82 Å². The fourth-order valence-electron chi connectivity index (χ4n) is 3.45. The molecule has 0 saturated heterocycles. The minimum atomic E-state index is -0.431. The Morgan fingerprint density at radius 2 is 1.77 bits per heavy atom. The molecule has 0 spiro atoms. The number of rotatable bonds is 8. The fourth-order valence-corrected chi connectivity index (χ4v) is 3.45. The Bertz CT molecular complexity index is 919. The number of nitrogens with one attached hydrogen (secondary N) is 1. The second-order valence-electron chi connectivity index (χ2n) is 9.26. The highest BCUT2D eigenvalue weighted by molar-refractivity contribution is 5.94. The van der Waals surface area contributed by atoms with Crippen LogP contribution in [0.4, 0.5) is 15.8 Å². The number of anilines is 2. The monoisotopic (exact) mass is 427 g/mol. The standard InChI is InChI=1S/C25H34FN3O2/c1-7-13-29(24(31)18-9-8-10-20(26)14-18)17-19-15-21(11-12-22(19)28(5)6)27-23(30)16-25(2,3)4/h8-12,14-15H,7,13,16-17H2,1-6H3,(H,27,30). The minimum absolute atomic E-state index is 0.0442. The largest absolute Gasteiger partial charge is 0.377 e. The average Bonchev–Trinajstić information content (AvgIpc) is 2.65. The smallest absolute Gasteiger partial charge is 0.254 e. The number of benzene rings is 2. The van der Waals surface area contributed by atoms with E-state index in [2.05, 4.69) is 5.32 Å². The van der Waals surface area contributed by atoms with Crippen LogP contribution in [0.15, 0.2) is 42.5 Å². The van der Waals surface area contributed by atoms with Gasteiger partial charge in [-0.3, -0.25) is 9.59 Å². The number of halogens is 1. The van der Waals surface area contributed by atoms with Gasteiger partial charge in [0, 0.05) is 50.5 Å². The summed E-state index contributed by atoms with van der Waals surface area (Å²) in [6, 6.07) is 11.5. The van der Waals surface area contributed by atoms with Crippen LogP contribution in [0.3, 0.4) is 0 Å². The normalized spacial score (nSPS) is 11.2. The quantitative estimate of drug-likeness (QED) is 0.620. The van der Waals surface area contributed by atoms with Crippen LogP contribution in [0.1, 0.15) is 56.5 Å². The molecule has 0 heterocycles. The van der Waals surface area contributed by atoms with E-state index in [-0.39, 0.29) is 17.2 Å². The second-order valence-corrected chi connectivity index (χ2v) is 9.26. The van der Waals surface area contributed by atoms with Crippen molar-refractivity contribution in [2.24, 2.45) is 5.41 Å². The number of hydrogen-bond acceptors (Lipinski definition) is 3. The summed E-state index contributed by atoms with van der Waals surface area (Å²) in [7, 11) is 3.88. The van der Waals surface area contributed by atoms with E-state index in [4.69, 9.17) is 0 Å². The van der Waals surface area contributed by atoms with Gasteiger partial charge in [-0.25, -0.2) is 4.39 Å². The fraction of sp³-hybridized carbons (Fsp3) is 0.440. The average molecular weight is 428 g/mol. The predicted octanol–water partition coefficient (Wildman–Crippen LogP) is 5.32. The van der Waals surface area contributed by atoms with Gasteiger partial charge < -0.3 is 15.1 Å². The summed E-state index contributed by atoms with van der Waals surface area (Å²) in [4.78, 5) is 29.2. The predicted molar refractivity (Wildman–Crippen MR) is 125 cm³/mol. The van der Waals surface area contributed by atoms with E-state index in [1.54, 1.807) is 17.0 Å². The Kier molecular flexibility index (Phi) is 8.20. The van der Waals surface area contributed by atoms with E-state index < -0.39 is 5.82 Å². The molecule has 5 nitrogen and oxygen atoms in total. The summed E-state index contributed by atoms with van der Waals surface area (Å²) in [6.45, 7) is 8.97. The third-order valence-corrected chi connectivity index (χ3v) is 4.75. The molecule has 0 radical (unpaired) electrons. The van der Waals surface area contributed by atoms with E-state index in [9.17, 15) is 14.0 Å². The van der Waals surface area contributed by atoms with Gasteiger partial charge in [0.25, 0.3) is 5.91 Å². The summed E-state index contributed by atoms with van der Waals surface area (Å²) in [5.41, 5.74) is 2.80. The van der Waals surface area contributed by atoms with Gasteiger partial charge >= 0.3 is 0 Å². The van der Waals surface area contributed by atoms with Gasteiger partial charge in [0.15, 0.2) is 0 Å². The molecule has 168 valence electrons. The van der Waals surface area contributed by atoms with Crippen molar-refractivity contribution in [3.05, 3.63) is 59.4 Å². The van der Waals surface area contributed by atoms with Gasteiger partial charge in [-0.05, 0) is 53.8 Å². The topological polar surface area (TPSA) is 52.7 Å². The van der Waals surface area contributed by atoms with Crippen molar-refractivity contribution >= 4 is 23.2 Å². The van der Waals surface area contributed by atoms with Crippen LogP contribution in [0.25, 0.3) is 0 Å². The molecule has 1 N–H and O–H groups in total. The zero-order valence-corrected chi connectivity index (χ0v) is 19.5. The van der Waals surface area contributed by atoms with Gasteiger partial charge in [-0.2, -0.15) is 0 Å². The van der Waals surface area contributed by atoms with Crippen LogP contribution in [0, 0.1) is 11.2 Å². The Labute approximate surface area is 185 Å². The molecule has 0 aliphatic rings. The molecule has 2 amide bonds. The molecule has 0 saturated carbocycles. The van der Waals surface area contributed by atoms with E-state index in [1.165, 1.54) is 12.1 Å². The van der Waals surface area contributed by atoms with Crippen LogP contribution in [0.5, 0.6) is 0 Å². The van der Waals surface area contributed by atoms with Crippen LogP contribution >= 0.6 is 0 Å². The molecule has 2 aromatic carbocycles. The van der Waals surface area contributed by atoms with E-state index in [0.29, 0.717) is 30.8 Å². The summed E-state index contributed by atoms with van der Waals surface area (Å²) in [5, 5.41) is 2.97. The first kappa shape index (κ1) is 24.4. The van der Waals surface area contributed by atoms with Crippen molar-refractivity contribution in [3.8, 4) is 0 Å². The van der Waals surface area contributed by atoms with Crippen molar-refractivity contribution in [1.29, 1.82) is 0 Å². The number of carbonyl (C=O) groups excluding carboxylic acids is 2. The molecule has 31 heavy (non-hydrogen) atoms. The van der Waals surface area contributed by atoms with Crippen LogP contribution in [-0.4, -0.2) is 37.4 Å². The van der Waals surface area contributed by atoms with Gasteiger partial charge in [-0.15, -0.1) is 0 Å². The molecule has 0 aromatic heterocycles. The Morgan fingerprint density at radius 3 is 2.35 bits per heavy atom. The zero-order valence-electron chi connectivity index (χ0n) is 19.5. The SMILES string of the molecule is CCCN(Cc1cc(NC(=O)CC(C)(C)C)ccc1N(C)C)C(=O)c1cccc(F)c1. The first-order chi connectivity index (χ1) is 14.5. The van der Waals surface area contributed by atoms with Crippen LogP contribution in [-0.2, 0) is 11.3 Å². The van der Waals surface area contributed by atoms with E-state index in [1.807, 2.05) is 64.9 Å². The minimum Gasteiger partial charge on any atom is -0.377 e. The van der Waals surface area contributed by atoms with E-state index >= 15 is 0 Å². The molecule has 0 aliphatic heterocycles. The van der Waals surface area contributed by atoms with E-state index in [0.717, 1.165) is 17.7 Å². The lowest BCUT2D eigenvalue weighted by atomic mass is 9.92. The summed E-state index contributed by atoms with van der Waals surface area (Å²) >= 11 is 0. The number of amides is 2. The molecule has 2 aromatic rings. The second kappa shape index (κ2) is 10.4. The summed E-state index contributed by atoms with van der Waals surface area (Å²) < 4.78 is 13.6. The Hall–Kier alpha value is -2.89. The molecule has 0 bridgehead atoms. The molecular formula is C25H34FN3O2. The molecule has 2 rings (SSSR count). The van der Waals surface area contributed by atoms with Crippen molar-refractivity contribution in [1.82, 2.24) is 4.90 Å². The lowest BCUT2D eigenvalue weighted by Gasteiger charge is -2.26. The highest BCUT2D eigenvalue weighted by Gasteiger charge is 2.20. The first-order valence-corrected chi connectivity index (χ1v) is 10.6. The third-order valence-electron chi connectivity index (χ3n) is 4.75. The van der Waals surface area contributed by atoms with Crippen LogP contribution < -0.4 is 10.2 Å². The Balaban J connectivity index is 2.31. The zero-order chi connectivity index (χ0) is 23.2. The lowest BCUT2D eigenvalue weighted by molar-refractivity contribution is -0.117. The van der Waals surface area contributed by atoms with Crippen molar-refractivity contribution in [2.75, 3.05) is 30.9 Å². The molecule has 0 fully saturated rings. The van der Waals surface area contributed by atoms with Gasteiger partial charge in [0.2, 0.25) is 5.91 Å². The van der Waals surface area contributed by atoms with Crippen LogP contribution in [0.2, 0.25) is 0 Å². The molecule has 0 unspecified atom stereocenters. The van der Waals surface area contributed by atoms with Crippen molar-refractivity contribution in [2.45, 2.75) is 47.1 Å². The molecule has 0 aliphatic carbocycles. The molecule has 6 heteroatoms. The molecular weight excluding hydrogens is 393 g/mol. The molecule has 0 atom stereocenters. The van der Waals surface area contributed by atoms with Crippen molar-refractivity contribution < 1.29 is 14.0 Å².